The summed E-state index contributed by atoms with van der Waals surface area (Å²) in [5.74, 6) is -1.94. The molecule has 2 bridgehead atoms. The standard InChI is InChI=1S/C26H41N3O5/c1-7-10-14-28(13-9-3)24(33)21-26-17-18(4)25(5,34-26)19(22(31)27(6)12-8-2)20(26)23(32)29(21)15-11-16-30/h8-9,18-21,30H,2-3,7,10-17H2,1,4-6H3/t18?,19-,20-,21?,25+,26?/m0/s1. The molecule has 3 amide bonds. The summed E-state index contributed by atoms with van der Waals surface area (Å²) in [5, 5.41) is 9.49. The van der Waals surface area contributed by atoms with E-state index in [1.165, 1.54) is 0 Å². The fourth-order valence-corrected chi connectivity index (χ4v) is 6.37. The molecule has 3 aliphatic heterocycles. The normalized spacial score (nSPS) is 33.7. The first-order valence-corrected chi connectivity index (χ1v) is 12.5. The number of hydrogen-bond acceptors (Lipinski definition) is 5. The van der Waals surface area contributed by atoms with Gasteiger partial charge in [0.05, 0.1) is 17.4 Å². The molecular formula is C26H41N3O5. The molecule has 0 aromatic carbocycles. The highest BCUT2D eigenvalue weighted by atomic mass is 16.5. The summed E-state index contributed by atoms with van der Waals surface area (Å²) in [6.07, 6.45) is 6.03. The molecule has 3 aliphatic rings. The quantitative estimate of drug-likeness (QED) is 0.435. The number of unbranched alkanes of at least 4 members (excludes halogenated alkanes) is 1. The molecule has 3 rings (SSSR count). The van der Waals surface area contributed by atoms with Gasteiger partial charge in [0.25, 0.3) is 0 Å². The molecule has 8 nitrogen and oxygen atoms in total. The maximum absolute atomic E-state index is 14.0. The van der Waals surface area contributed by atoms with Crippen LogP contribution in [-0.4, -0.2) is 94.6 Å². The molecule has 3 fully saturated rings. The van der Waals surface area contributed by atoms with E-state index >= 15 is 0 Å². The number of likely N-dealkylation sites (N-methyl/N-ethyl adjacent to an activating group) is 1. The second kappa shape index (κ2) is 10.2. The van der Waals surface area contributed by atoms with Gasteiger partial charge in [0.1, 0.15) is 11.6 Å². The van der Waals surface area contributed by atoms with E-state index in [4.69, 9.17) is 4.74 Å². The molecule has 6 atom stereocenters. The number of nitrogens with zero attached hydrogens (tertiary/aromatic N) is 3. The molecule has 34 heavy (non-hydrogen) atoms. The van der Waals surface area contributed by atoms with Gasteiger partial charge < -0.3 is 24.5 Å². The van der Waals surface area contributed by atoms with E-state index in [1.807, 2.05) is 13.8 Å². The molecule has 0 aliphatic carbocycles. The van der Waals surface area contributed by atoms with Gasteiger partial charge in [0.2, 0.25) is 17.7 Å². The molecule has 3 saturated heterocycles. The van der Waals surface area contributed by atoms with Crippen molar-refractivity contribution in [3.05, 3.63) is 25.3 Å². The number of fused-ring (bicyclic) bond motifs is 1. The lowest BCUT2D eigenvalue weighted by atomic mass is 9.62. The van der Waals surface area contributed by atoms with Crippen LogP contribution in [0.1, 0.15) is 46.5 Å². The maximum atomic E-state index is 14.0. The highest BCUT2D eigenvalue weighted by molar-refractivity contribution is 5.99. The average molecular weight is 476 g/mol. The Morgan fingerprint density at radius 2 is 1.91 bits per heavy atom. The monoisotopic (exact) mass is 475 g/mol. The van der Waals surface area contributed by atoms with Crippen LogP contribution >= 0.6 is 0 Å². The van der Waals surface area contributed by atoms with Gasteiger partial charge >= 0.3 is 0 Å². The molecule has 3 heterocycles. The third-order valence-corrected chi connectivity index (χ3v) is 8.09. The van der Waals surface area contributed by atoms with E-state index in [1.54, 1.807) is 33.9 Å². The van der Waals surface area contributed by atoms with Gasteiger partial charge in [-0.2, -0.15) is 0 Å². The zero-order chi connectivity index (χ0) is 25.3. The lowest BCUT2D eigenvalue weighted by molar-refractivity contribution is -0.154. The number of amides is 3. The third-order valence-electron chi connectivity index (χ3n) is 8.09. The summed E-state index contributed by atoms with van der Waals surface area (Å²) in [6.45, 7) is 15.0. The van der Waals surface area contributed by atoms with Gasteiger partial charge in [-0.3, -0.25) is 14.4 Å². The van der Waals surface area contributed by atoms with Crippen LogP contribution in [0.5, 0.6) is 0 Å². The number of carbonyl (C=O) groups is 3. The van der Waals surface area contributed by atoms with Crippen molar-refractivity contribution >= 4 is 17.7 Å². The summed E-state index contributed by atoms with van der Waals surface area (Å²) in [7, 11) is 1.71. The van der Waals surface area contributed by atoms with Crippen molar-refractivity contribution in [2.24, 2.45) is 17.8 Å². The Kier molecular flexibility index (Phi) is 7.92. The molecule has 8 heteroatoms. The predicted molar refractivity (Wildman–Crippen MR) is 130 cm³/mol. The van der Waals surface area contributed by atoms with Gasteiger partial charge in [-0.05, 0) is 32.1 Å². The second-order valence-corrected chi connectivity index (χ2v) is 10.2. The summed E-state index contributed by atoms with van der Waals surface area (Å²) in [4.78, 5) is 46.5. The number of aliphatic hydroxyl groups is 1. The van der Waals surface area contributed by atoms with Gasteiger partial charge in [-0.15, -0.1) is 13.2 Å². The summed E-state index contributed by atoms with van der Waals surface area (Å²) < 4.78 is 6.72. The average Bonchev–Trinajstić information content (AvgIpc) is 3.31. The van der Waals surface area contributed by atoms with Gasteiger partial charge in [0.15, 0.2) is 0 Å². The fraction of sp³-hybridized carbons (Fsp3) is 0.731. The van der Waals surface area contributed by atoms with Crippen molar-refractivity contribution < 1.29 is 24.2 Å². The molecule has 0 aromatic heterocycles. The van der Waals surface area contributed by atoms with E-state index in [0.29, 0.717) is 32.5 Å². The minimum atomic E-state index is -1.06. The van der Waals surface area contributed by atoms with Crippen molar-refractivity contribution in [2.75, 3.05) is 39.8 Å². The van der Waals surface area contributed by atoms with Crippen LogP contribution in [-0.2, 0) is 19.1 Å². The highest BCUT2D eigenvalue weighted by Crippen LogP contribution is 2.65. The first-order chi connectivity index (χ1) is 16.1. The second-order valence-electron chi connectivity index (χ2n) is 10.2. The number of hydrogen-bond donors (Lipinski definition) is 1. The topological polar surface area (TPSA) is 90.4 Å². The fourth-order valence-electron chi connectivity index (χ4n) is 6.37. The lowest BCUT2D eigenvalue weighted by Gasteiger charge is -2.38. The van der Waals surface area contributed by atoms with Gasteiger partial charge in [0, 0.05) is 39.8 Å². The predicted octanol–water partition coefficient (Wildman–Crippen LogP) is 1.84. The van der Waals surface area contributed by atoms with E-state index in [2.05, 4.69) is 20.1 Å². The van der Waals surface area contributed by atoms with Crippen LogP contribution in [0.3, 0.4) is 0 Å². The first kappa shape index (κ1) is 26.4. The van der Waals surface area contributed by atoms with Crippen molar-refractivity contribution in [3.8, 4) is 0 Å². The molecule has 0 aromatic rings. The molecule has 1 spiro atoms. The van der Waals surface area contributed by atoms with E-state index in [-0.39, 0.29) is 36.8 Å². The molecule has 3 unspecified atom stereocenters. The lowest BCUT2D eigenvalue weighted by Crippen LogP contribution is -2.57. The SMILES string of the molecule is C=CCN(C)C(=O)[C@@H]1[C@H]2C(=O)N(CCCO)C(C(=O)N(CC=C)CCCC)C23CC(C)[C@@]1(C)O3. The van der Waals surface area contributed by atoms with Crippen molar-refractivity contribution in [1.82, 2.24) is 14.7 Å². The Labute approximate surface area is 203 Å². The van der Waals surface area contributed by atoms with Crippen LogP contribution in [0.25, 0.3) is 0 Å². The van der Waals surface area contributed by atoms with Crippen molar-refractivity contribution in [1.29, 1.82) is 0 Å². The Hall–Kier alpha value is -2.19. The van der Waals surface area contributed by atoms with Crippen LogP contribution < -0.4 is 0 Å². The Morgan fingerprint density at radius 3 is 2.50 bits per heavy atom. The van der Waals surface area contributed by atoms with Gasteiger partial charge in [-0.1, -0.05) is 32.4 Å². The number of ether oxygens (including phenoxy) is 1. The zero-order valence-corrected chi connectivity index (χ0v) is 21.2. The molecule has 190 valence electrons. The Balaban J connectivity index is 2.08. The van der Waals surface area contributed by atoms with Crippen LogP contribution in [0.4, 0.5) is 0 Å². The minimum Gasteiger partial charge on any atom is -0.396 e. The van der Waals surface area contributed by atoms with Crippen molar-refractivity contribution in [2.45, 2.75) is 63.7 Å². The summed E-state index contributed by atoms with van der Waals surface area (Å²) >= 11 is 0. The minimum absolute atomic E-state index is 0.000723. The number of aliphatic hydroxyl groups excluding tert-OH is 1. The summed E-state index contributed by atoms with van der Waals surface area (Å²) in [6, 6.07) is -0.819. The third kappa shape index (κ3) is 3.98. The van der Waals surface area contributed by atoms with Gasteiger partial charge in [-0.25, -0.2) is 0 Å². The number of rotatable bonds is 12. The Morgan fingerprint density at radius 1 is 1.24 bits per heavy atom. The van der Waals surface area contributed by atoms with Crippen LogP contribution in [0, 0.1) is 17.8 Å². The first-order valence-electron chi connectivity index (χ1n) is 12.5. The highest BCUT2D eigenvalue weighted by Gasteiger charge is 2.80. The van der Waals surface area contributed by atoms with Crippen LogP contribution in [0.2, 0.25) is 0 Å². The van der Waals surface area contributed by atoms with E-state index in [0.717, 1.165) is 12.8 Å². The number of carbonyl (C=O) groups excluding carboxylic acids is 3. The largest absolute Gasteiger partial charge is 0.396 e. The van der Waals surface area contributed by atoms with E-state index in [9.17, 15) is 19.5 Å². The molecule has 0 radical (unpaired) electrons. The van der Waals surface area contributed by atoms with Crippen LogP contribution in [0.15, 0.2) is 25.3 Å². The molecule has 0 saturated carbocycles. The molecule has 1 N–H and O–H groups in total. The molecular weight excluding hydrogens is 434 g/mol. The zero-order valence-electron chi connectivity index (χ0n) is 21.2. The van der Waals surface area contributed by atoms with Crippen molar-refractivity contribution in [3.63, 3.8) is 0 Å². The Bertz CT molecular complexity index is 831. The van der Waals surface area contributed by atoms with E-state index < -0.39 is 29.1 Å². The summed E-state index contributed by atoms with van der Waals surface area (Å²) in [5.41, 5.74) is -1.89. The maximum Gasteiger partial charge on any atom is 0.248 e. The number of likely N-dealkylation sites (tertiary alicyclic amines) is 1. The smallest absolute Gasteiger partial charge is 0.248 e.